The Balaban J connectivity index is 2.17. The number of hydrogen-bond donors (Lipinski definition) is 0. The normalized spacial score (nSPS) is 15.2. The van der Waals surface area contributed by atoms with Gasteiger partial charge in [0.25, 0.3) is 5.69 Å². The maximum Gasteiger partial charge on any atom is 0.302 e. The molecule has 0 bridgehead atoms. The molecule has 1 aliphatic rings. The quantitative estimate of drug-likeness (QED) is 0.492. The van der Waals surface area contributed by atoms with Gasteiger partial charge in [0.2, 0.25) is 0 Å². The fourth-order valence-corrected chi connectivity index (χ4v) is 2.89. The van der Waals surface area contributed by atoms with E-state index in [4.69, 9.17) is 4.74 Å². The van der Waals surface area contributed by atoms with Crippen molar-refractivity contribution in [2.24, 2.45) is 0 Å². The van der Waals surface area contributed by atoms with Gasteiger partial charge in [-0.25, -0.2) is 0 Å². The molecule has 0 aliphatic heterocycles. The number of carbonyl (C=O) groups is 1. The van der Waals surface area contributed by atoms with Gasteiger partial charge in [-0.05, 0) is 16.7 Å². The Morgan fingerprint density at radius 2 is 1.90 bits per heavy atom. The van der Waals surface area contributed by atoms with Crippen molar-refractivity contribution >= 4 is 11.7 Å². The third kappa shape index (κ3) is 2.16. The number of nitro benzene ring substituents is 1. The molecule has 2 aromatic rings. The predicted molar refractivity (Wildman–Crippen MR) is 77.0 cm³/mol. The van der Waals surface area contributed by atoms with E-state index in [9.17, 15) is 14.9 Å². The van der Waals surface area contributed by atoms with Crippen molar-refractivity contribution in [3.8, 4) is 11.1 Å². The fraction of sp³-hybridized carbons (Fsp3) is 0.188. The van der Waals surface area contributed by atoms with Crippen molar-refractivity contribution in [1.82, 2.24) is 0 Å². The van der Waals surface area contributed by atoms with Crippen molar-refractivity contribution < 1.29 is 14.5 Å². The molecule has 0 aromatic heterocycles. The zero-order valence-electron chi connectivity index (χ0n) is 11.4. The second kappa shape index (κ2) is 5.01. The summed E-state index contributed by atoms with van der Waals surface area (Å²) in [5.41, 5.74) is 3.47. The van der Waals surface area contributed by atoms with Crippen molar-refractivity contribution in [2.75, 3.05) is 6.61 Å². The minimum absolute atomic E-state index is 0.0702. The van der Waals surface area contributed by atoms with Gasteiger partial charge in [0.1, 0.15) is 6.61 Å². The SMILES string of the molecule is CC(=O)OCC1c2ccccc2-c2cccc([N+](=O)[O-])c21. The van der Waals surface area contributed by atoms with Crippen LogP contribution < -0.4 is 0 Å². The molecule has 0 saturated heterocycles. The first-order valence-electron chi connectivity index (χ1n) is 6.59. The number of hydrogen-bond acceptors (Lipinski definition) is 4. The number of nitro groups is 1. The Bertz CT molecular complexity index is 739. The predicted octanol–water partition coefficient (Wildman–Crippen LogP) is 3.27. The maximum atomic E-state index is 11.3. The van der Waals surface area contributed by atoms with Gasteiger partial charge in [-0.1, -0.05) is 36.4 Å². The largest absolute Gasteiger partial charge is 0.465 e. The van der Waals surface area contributed by atoms with Gasteiger partial charge >= 0.3 is 5.97 Å². The molecular formula is C16H13NO4. The van der Waals surface area contributed by atoms with Crippen LogP contribution in [-0.2, 0) is 9.53 Å². The highest BCUT2D eigenvalue weighted by molar-refractivity contribution is 5.82. The third-order valence-electron chi connectivity index (χ3n) is 3.71. The van der Waals surface area contributed by atoms with Gasteiger partial charge in [0.05, 0.1) is 10.8 Å². The molecule has 0 saturated carbocycles. The van der Waals surface area contributed by atoms with Crippen molar-refractivity contribution in [3.05, 3.63) is 63.7 Å². The molecule has 0 amide bonds. The molecule has 1 atom stereocenters. The van der Waals surface area contributed by atoms with Crippen molar-refractivity contribution in [2.45, 2.75) is 12.8 Å². The number of esters is 1. The summed E-state index contributed by atoms with van der Waals surface area (Å²) in [6, 6.07) is 12.7. The molecular weight excluding hydrogens is 270 g/mol. The molecule has 1 aliphatic carbocycles. The van der Waals surface area contributed by atoms with Gasteiger partial charge in [-0.2, -0.15) is 0 Å². The van der Waals surface area contributed by atoms with Crippen LogP contribution in [0.1, 0.15) is 24.0 Å². The Kier molecular flexibility index (Phi) is 3.17. The van der Waals surface area contributed by atoms with Gasteiger partial charge in [-0.3, -0.25) is 14.9 Å². The molecule has 3 rings (SSSR count). The zero-order valence-corrected chi connectivity index (χ0v) is 11.4. The third-order valence-corrected chi connectivity index (χ3v) is 3.71. The molecule has 5 heteroatoms. The standard InChI is InChI=1S/C16H13NO4/c1-10(18)21-9-14-12-6-3-2-5-11(12)13-7-4-8-15(16(13)14)17(19)20/h2-8,14H,9H2,1H3. The molecule has 0 radical (unpaired) electrons. The van der Waals surface area contributed by atoms with Crippen LogP contribution in [0.25, 0.3) is 11.1 Å². The van der Waals surface area contributed by atoms with E-state index in [0.717, 1.165) is 16.7 Å². The van der Waals surface area contributed by atoms with Crippen molar-refractivity contribution in [1.29, 1.82) is 0 Å². The van der Waals surface area contributed by atoms with Crippen LogP contribution in [0.15, 0.2) is 42.5 Å². The van der Waals surface area contributed by atoms with E-state index in [-0.39, 0.29) is 29.1 Å². The van der Waals surface area contributed by atoms with Crippen LogP contribution in [0, 0.1) is 10.1 Å². The Hall–Kier alpha value is -2.69. The summed E-state index contributed by atoms with van der Waals surface area (Å²) >= 11 is 0. The van der Waals surface area contributed by atoms with Gasteiger partial charge in [-0.15, -0.1) is 0 Å². The van der Waals surface area contributed by atoms with Gasteiger partial charge < -0.3 is 4.74 Å². The number of fused-ring (bicyclic) bond motifs is 3. The second-order valence-electron chi connectivity index (χ2n) is 4.94. The van der Waals surface area contributed by atoms with E-state index in [1.54, 1.807) is 6.07 Å². The summed E-state index contributed by atoms with van der Waals surface area (Å²) in [5.74, 6) is -0.679. The number of ether oxygens (including phenoxy) is 1. The molecule has 0 N–H and O–H groups in total. The van der Waals surface area contributed by atoms with Crippen LogP contribution in [0.4, 0.5) is 5.69 Å². The van der Waals surface area contributed by atoms with Crippen LogP contribution in [0.3, 0.4) is 0 Å². The Morgan fingerprint density at radius 3 is 2.62 bits per heavy atom. The monoisotopic (exact) mass is 283 g/mol. The summed E-state index contributed by atoms with van der Waals surface area (Å²) in [5, 5.41) is 11.3. The van der Waals surface area contributed by atoms with Crippen LogP contribution >= 0.6 is 0 Å². The summed E-state index contributed by atoms with van der Waals surface area (Å²) in [7, 11) is 0. The average molecular weight is 283 g/mol. The first-order chi connectivity index (χ1) is 10.1. The highest BCUT2D eigenvalue weighted by Gasteiger charge is 2.35. The molecule has 106 valence electrons. The topological polar surface area (TPSA) is 69.4 Å². The molecule has 0 fully saturated rings. The highest BCUT2D eigenvalue weighted by Crippen LogP contribution is 2.48. The van der Waals surface area contributed by atoms with Crippen LogP contribution in [0.2, 0.25) is 0 Å². The average Bonchev–Trinajstić information content (AvgIpc) is 2.79. The molecule has 0 spiro atoms. The van der Waals surface area contributed by atoms with Crippen LogP contribution in [-0.4, -0.2) is 17.5 Å². The lowest BCUT2D eigenvalue weighted by Gasteiger charge is -2.13. The van der Waals surface area contributed by atoms with E-state index in [2.05, 4.69) is 0 Å². The minimum atomic E-state index is -0.389. The molecule has 5 nitrogen and oxygen atoms in total. The summed E-state index contributed by atoms with van der Waals surface area (Å²) in [6.07, 6.45) is 0. The van der Waals surface area contributed by atoms with E-state index < -0.39 is 0 Å². The first-order valence-corrected chi connectivity index (χ1v) is 6.59. The lowest BCUT2D eigenvalue weighted by Crippen LogP contribution is -2.11. The summed E-state index contributed by atoms with van der Waals surface area (Å²) in [6.45, 7) is 1.45. The first kappa shape index (κ1) is 13.3. The Morgan fingerprint density at radius 1 is 1.19 bits per heavy atom. The van der Waals surface area contributed by atoms with Crippen LogP contribution in [0.5, 0.6) is 0 Å². The second-order valence-corrected chi connectivity index (χ2v) is 4.94. The van der Waals surface area contributed by atoms with Crippen molar-refractivity contribution in [3.63, 3.8) is 0 Å². The van der Waals surface area contributed by atoms with Gasteiger partial charge in [0, 0.05) is 18.6 Å². The number of benzene rings is 2. The number of carbonyl (C=O) groups excluding carboxylic acids is 1. The minimum Gasteiger partial charge on any atom is -0.465 e. The van der Waals surface area contributed by atoms with Gasteiger partial charge in [0.15, 0.2) is 0 Å². The Labute approximate surface area is 121 Å². The van der Waals surface area contributed by atoms with E-state index in [0.29, 0.717) is 5.56 Å². The van der Waals surface area contributed by atoms with E-state index in [1.807, 2.05) is 30.3 Å². The molecule has 0 heterocycles. The molecule has 1 unspecified atom stereocenters. The fourth-order valence-electron chi connectivity index (χ4n) is 2.89. The highest BCUT2D eigenvalue weighted by atomic mass is 16.6. The summed E-state index contributed by atoms with van der Waals surface area (Å²) < 4.78 is 5.11. The zero-order chi connectivity index (χ0) is 15.0. The lowest BCUT2D eigenvalue weighted by atomic mass is 9.96. The van der Waals surface area contributed by atoms with E-state index >= 15 is 0 Å². The lowest BCUT2D eigenvalue weighted by molar-refractivity contribution is -0.385. The molecule has 2 aromatic carbocycles. The summed E-state index contributed by atoms with van der Waals surface area (Å²) in [4.78, 5) is 22.0. The van der Waals surface area contributed by atoms with E-state index in [1.165, 1.54) is 13.0 Å². The number of nitrogens with zero attached hydrogens (tertiary/aromatic N) is 1. The number of rotatable bonds is 3. The maximum absolute atomic E-state index is 11.3. The smallest absolute Gasteiger partial charge is 0.302 e. The molecule has 21 heavy (non-hydrogen) atoms.